The molecule has 1 unspecified atom stereocenters. The van der Waals surface area contributed by atoms with Gasteiger partial charge in [0.15, 0.2) is 11.5 Å². The van der Waals surface area contributed by atoms with Crippen molar-refractivity contribution in [3.05, 3.63) is 48.5 Å². The highest BCUT2D eigenvalue weighted by molar-refractivity contribution is 5.72. The van der Waals surface area contributed by atoms with E-state index in [0.29, 0.717) is 22.8 Å². The summed E-state index contributed by atoms with van der Waals surface area (Å²) in [4.78, 5) is 13.0. The van der Waals surface area contributed by atoms with Gasteiger partial charge in [0.25, 0.3) is 0 Å². The van der Waals surface area contributed by atoms with E-state index in [1.807, 2.05) is 19.1 Å². The highest BCUT2D eigenvalue weighted by Crippen LogP contribution is 2.23. The molecule has 0 radical (unpaired) electrons. The molecule has 0 saturated heterocycles. The van der Waals surface area contributed by atoms with Gasteiger partial charge >= 0.3 is 6.61 Å². The van der Waals surface area contributed by atoms with E-state index >= 15 is 0 Å². The van der Waals surface area contributed by atoms with E-state index in [1.54, 1.807) is 23.3 Å². The maximum Gasteiger partial charge on any atom is 0.388 e. The predicted molar refractivity (Wildman–Crippen MR) is 91.9 cm³/mol. The average Bonchev–Trinajstić information content (AvgIpc) is 3.28. The molecule has 2 N–H and O–H groups in total. The molecule has 4 aromatic rings. The smallest absolute Gasteiger partial charge is 0.388 e. The molecule has 1 atom stereocenters. The number of nitrogens with zero attached hydrogens (tertiary/aromatic N) is 6. The highest BCUT2D eigenvalue weighted by atomic mass is 19.3. The van der Waals surface area contributed by atoms with E-state index in [9.17, 15) is 8.78 Å². The Kier molecular flexibility index (Phi) is 4.32. The van der Waals surface area contributed by atoms with E-state index in [0.717, 1.165) is 5.56 Å². The molecule has 0 fully saturated rings. The first kappa shape index (κ1) is 16.8. The van der Waals surface area contributed by atoms with E-state index in [-0.39, 0.29) is 11.9 Å². The summed E-state index contributed by atoms with van der Waals surface area (Å²) in [5.41, 5.74) is 2.17. The number of ether oxygens (including phenoxy) is 1. The molecule has 27 heavy (non-hydrogen) atoms. The first-order chi connectivity index (χ1) is 13.1. The van der Waals surface area contributed by atoms with Crippen molar-refractivity contribution in [3.8, 4) is 5.88 Å². The van der Waals surface area contributed by atoms with Gasteiger partial charge in [0, 0.05) is 18.5 Å². The first-order valence-corrected chi connectivity index (χ1v) is 7.97. The summed E-state index contributed by atoms with van der Waals surface area (Å²) in [5, 5.41) is 13.5. The number of halogens is 2. The van der Waals surface area contributed by atoms with Crippen LogP contribution in [-0.4, -0.2) is 41.5 Å². The Morgan fingerprint density at radius 3 is 2.93 bits per heavy atom. The number of nitrogens with one attached hydrogen (secondary N) is 2. The number of rotatable bonds is 6. The molecule has 0 amide bonds. The number of aromatic amines is 1. The van der Waals surface area contributed by atoms with Crippen molar-refractivity contribution in [1.82, 2.24) is 34.9 Å². The molecule has 0 saturated carbocycles. The van der Waals surface area contributed by atoms with Gasteiger partial charge in [-0.2, -0.15) is 13.9 Å². The summed E-state index contributed by atoms with van der Waals surface area (Å²) in [6.07, 6.45) is 6.61. The molecule has 0 aliphatic rings. The van der Waals surface area contributed by atoms with Crippen molar-refractivity contribution in [2.45, 2.75) is 19.6 Å². The van der Waals surface area contributed by atoms with E-state index in [2.05, 4.69) is 40.3 Å². The number of hydrogen-bond donors (Lipinski definition) is 2. The third kappa shape index (κ3) is 3.52. The SMILES string of the molecule is CC(c1cccnc1)n1ncc2ncc(Nc3cc(OC(F)F)n[nH]3)nc21. The number of pyridine rings is 1. The predicted octanol–water partition coefficient (Wildman–Crippen LogP) is 2.90. The lowest BCUT2D eigenvalue weighted by Gasteiger charge is -2.13. The molecule has 4 aromatic heterocycles. The molecule has 0 aliphatic carbocycles. The van der Waals surface area contributed by atoms with Crippen molar-refractivity contribution in [3.63, 3.8) is 0 Å². The third-order valence-corrected chi connectivity index (χ3v) is 3.86. The van der Waals surface area contributed by atoms with Gasteiger partial charge in [0.2, 0.25) is 5.88 Å². The monoisotopic (exact) mass is 372 g/mol. The van der Waals surface area contributed by atoms with Crippen LogP contribution in [0.1, 0.15) is 18.5 Å². The molecule has 4 rings (SSSR count). The van der Waals surface area contributed by atoms with Crippen LogP contribution in [0, 0.1) is 0 Å². The fourth-order valence-electron chi connectivity index (χ4n) is 2.58. The summed E-state index contributed by atoms with van der Waals surface area (Å²) in [6, 6.07) is 5.01. The lowest BCUT2D eigenvalue weighted by Crippen LogP contribution is -2.10. The Labute approximate surface area is 151 Å². The molecule has 0 aromatic carbocycles. The summed E-state index contributed by atoms with van der Waals surface area (Å²) in [7, 11) is 0. The minimum Gasteiger partial charge on any atom is -0.415 e. The van der Waals surface area contributed by atoms with Crippen LogP contribution in [-0.2, 0) is 0 Å². The number of fused-ring (bicyclic) bond motifs is 1. The molecular weight excluding hydrogens is 358 g/mol. The Bertz CT molecular complexity index is 1050. The lowest BCUT2D eigenvalue weighted by atomic mass is 10.1. The lowest BCUT2D eigenvalue weighted by molar-refractivity contribution is -0.0528. The normalized spacial score (nSPS) is 12.4. The van der Waals surface area contributed by atoms with Crippen molar-refractivity contribution in [2.24, 2.45) is 0 Å². The average molecular weight is 372 g/mol. The van der Waals surface area contributed by atoms with Crippen LogP contribution >= 0.6 is 0 Å². The van der Waals surface area contributed by atoms with Crippen LogP contribution in [0.5, 0.6) is 5.88 Å². The van der Waals surface area contributed by atoms with Gasteiger partial charge in [-0.25, -0.2) is 14.6 Å². The van der Waals surface area contributed by atoms with Crippen molar-refractivity contribution < 1.29 is 13.5 Å². The molecule has 9 nitrogen and oxygen atoms in total. The van der Waals surface area contributed by atoms with Crippen molar-refractivity contribution in [2.75, 3.05) is 5.32 Å². The summed E-state index contributed by atoms with van der Waals surface area (Å²) < 4.78 is 30.4. The van der Waals surface area contributed by atoms with Crippen LogP contribution in [0.25, 0.3) is 11.2 Å². The number of anilines is 2. The van der Waals surface area contributed by atoms with E-state index < -0.39 is 6.61 Å². The van der Waals surface area contributed by atoms with Crippen molar-refractivity contribution >= 4 is 22.8 Å². The first-order valence-electron chi connectivity index (χ1n) is 7.97. The molecule has 11 heteroatoms. The fraction of sp³-hybridized carbons (Fsp3) is 0.188. The van der Waals surface area contributed by atoms with Crippen LogP contribution in [0.3, 0.4) is 0 Å². The van der Waals surface area contributed by atoms with Crippen LogP contribution in [0.4, 0.5) is 20.4 Å². The summed E-state index contributed by atoms with van der Waals surface area (Å²) in [6.45, 7) is -0.964. The number of aromatic nitrogens is 7. The Morgan fingerprint density at radius 2 is 2.15 bits per heavy atom. The van der Waals surface area contributed by atoms with Gasteiger partial charge in [0.1, 0.15) is 11.3 Å². The molecule has 0 spiro atoms. The number of hydrogen-bond acceptors (Lipinski definition) is 7. The maximum absolute atomic E-state index is 12.2. The zero-order valence-electron chi connectivity index (χ0n) is 14.0. The van der Waals surface area contributed by atoms with Gasteiger partial charge < -0.3 is 10.1 Å². The quantitative estimate of drug-likeness (QED) is 0.536. The standard InChI is InChI=1S/C16H14F2N8O/c1-9(10-3-2-4-19-6-10)26-15-11(7-21-26)20-8-13(23-15)22-12-5-14(25-24-12)27-16(17)18/h2-9,16H,1H3,(H2,22,23,24,25). The molecular formula is C16H14F2N8O. The largest absolute Gasteiger partial charge is 0.415 e. The summed E-state index contributed by atoms with van der Waals surface area (Å²) in [5.74, 6) is 0.511. The fourth-order valence-corrected chi connectivity index (χ4v) is 2.58. The third-order valence-electron chi connectivity index (χ3n) is 3.86. The molecule has 4 heterocycles. The van der Waals surface area contributed by atoms with Gasteiger partial charge in [-0.1, -0.05) is 6.07 Å². The molecule has 138 valence electrons. The van der Waals surface area contributed by atoms with Crippen molar-refractivity contribution in [1.29, 1.82) is 0 Å². The summed E-state index contributed by atoms with van der Waals surface area (Å²) >= 11 is 0. The minimum atomic E-state index is -2.94. The second kappa shape index (κ2) is 6.94. The number of alkyl halides is 2. The maximum atomic E-state index is 12.2. The van der Waals surface area contributed by atoms with E-state index in [1.165, 1.54) is 12.3 Å². The zero-order valence-corrected chi connectivity index (χ0v) is 14.0. The van der Waals surface area contributed by atoms with Crippen LogP contribution in [0.15, 0.2) is 43.0 Å². The zero-order chi connectivity index (χ0) is 18.8. The van der Waals surface area contributed by atoms with Gasteiger partial charge in [-0.05, 0) is 18.6 Å². The Morgan fingerprint density at radius 1 is 1.26 bits per heavy atom. The van der Waals surface area contributed by atoms with Crippen LogP contribution < -0.4 is 10.1 Å². The second-order valence-electron chi connectivity index (χ2n) is 5.64. The Balaban J connectivity index is 1.61. The minimum absolute atomic E-state index is 0.0982. The van der Waals surface area contributed by atoms with Gasteiger partial charge in [-0.3, -0.25) is 10.1 Å². The highest BCUT2D eigenvalue weighted by Gasteiger charge is 2.15. The van der Waals surface area contributed by atoms with Crippen LogP contribution in [0.2, 0.25) is 0 Å². The molecule has 0 bridgehead atoms. The van der Waals surface area contributed by atoms with Gasteiger partial charge in [0.05, 0.1) is 18.4 Å². The van der Waals surface area contributed by atoms with Gasteiger partial charge in [-0.15, -0.1) is 5.10 Å². The second-order valence-corrected chi connectivity index (χ2v) is 5.64. The Hall–Kier alpha value is -3.63. The number of H-pyrrole nitrogens is 1. The van der Waals surface area contributed by atoms with E-state index in [4.69, 9.17) is 0 Å². The molecule has 0 aliphatic heterocycles. The topological polar surface area (TPSA) is 106 Å².